The molecule has 0 aliphatic heterocycles. The zero-order valence-corrected chi connectivity index (χ0v) is 10.7. The van der Waals surface area contributed by atoms with Gasteiger partial charge < -0.3 is 9.64 Å². The Hall–Kier alpha value is -0.680. The van der Waals surface area contributed by atoms with Crippen LogP contribution in [0.2, 0.25) is 0 Å². The van der Waals surface area contributed by atoms with Crippen molar-refractivity contribution in [3.05, 3.63) is 18.1 Å². The minimum Gasteiger partial charge on any atom is -0.383 e. The monoisotopic (exact) mass is 273 g/mol. The van der Waals surface area contributed by atoms with E-state index in [1.54, 1.807) is 13.4 Å². The summed E-state index contributed by atoms with van der Waals surface area (Å²) >= 11 is 3.43. The van der Waals surface area contributed by atoms with Crippen molar-refractivity contribution < 1.29 is 4.74 Å². The maximum Gasteiger partial charge on any atom is 0.132 e. The lowest BCUT2D eigenvalue weighted by atomic mass is 10.4. The molecule has 0 aromatic carbocycles. The van der Waals surface area contributed by atoms with Gasteiger partial charge in [-0.25, -0.2) is 9.97 Å². The third-order valence-corrected chi connectivity index (χ3v) is 2.39. The van der Waals surface area contributed by atoms with Crippen LogP contribution in [0.4, 0.5) is 5.82 Å². The Balaban J connectivity index is 2.69. The number of hydrogen-bond acceptors (Lipinski definition) is 4. The van der Waals surface area contributed by atoms with Gasteiger partial charge >= 0.3 is 0 Å². The molecule has 0 amide bonds. The van der Waals surface area contributed by atoms with Gasteiger partial charge in [0, 0.05) is 37.3 Å². The number of halogens is 1. The Morgan fingerprint density at radius 1 is 1.40 bits per heavy atom. The molecule has 0 aliphatic rings. The molecule has 0 N–H and O–H groups in total. The Kier molecular flexibility index (Phi) is 5.57. The molecule has 0 radical (unpaired) electrons. The normalized spacial score (nSPS) is 10.3. The van der Waals surface area contributed by atoms with Gasteiger partial charge in [-0.15, -0.1) is 0 Å². The van der Waals surface area contributed by atoms with Crippen molar-refractivity contribution in [2.24, 2.45) is 0 Å². The molecule has 0 atom stereocenters. The highest BCUT2D eigenvalue weighted by molar-refractivity contribution is 9.09. The van der Waals surface area contributed by atoms with Crippen molar-refractivity contribution in [2.75, 3.05) is 37.0 Å². The van der Waals surface area contributed by atoms with Crippen LogP contribution in [0.3, 0.4) is 0 Å². The van der Waals surface area contributed by atoms with Crippen molar-refractivity contribution in [3.63, 3.8) is 0 Å². The standard InChI is InChI=1S/C10H16BrN3O/c1-9-7-10(13-8-12-9)14(4-3-11)5-6-15-2/h7-8H,3-6H2,1-2H3. The third-order valence-electron chi connectivity index (χ3n) is 2.03. The van der Waals surface area contributed by atoms with Crippen LogP contribution in [-0.4, -0.2) is 42.1 Å². The van der Waals surface area contributed by atoms with E-state index in [0.717, 1.165) is 29.9 Å². The van der Waals surface area contributed by atoms with Gasteiger partial charge in [0.1, 0.15) is 12.1 Å². The van der Waals surface area contributed by atoms with E-state index >= 15 is 0 Å². The summed E-state index contributed by atoms with van der Waals surface area (Å²) in [5, 5.41) is 0.916. The molecule has 1 rings (SSSR count). The first-order valence-electron chi connectivity index (χ1n) is 4.86. The lowest BCUT2D eigenvalue weighted by molar-refractivity contribution is 0.205. The number of alkyl halides is 1. The first-order valence-corrected chi connectivity index (χ1v) is 5.98. The van der Waals surface area contributed by atoms with Crippen LogP contribution in [-0.2, 0) is 4.74 Å². The minimum absolute atomic E-state index is 0.704. The summed E-state index contributed by atoms with van der Waals surface area (Å²) in [6.07, 6.45) is 1.60. The second-order valence-electron chi connectivity index (χ2n) is 3.19. The van der Waals surface area contributed by atoms with Crippen molar-refractivity contribution in [1.29, 1.82) is 0 Å². The second-order valence-corrected chi connectivity index (χ2v) is 3.98. The van der Waals surface area contributed by atoms with Crippen LogP contribution >= 0.6 is 15.9 Å². The van der Waals surface area contributed by atoms with Crippen molar-refractivity contribution in [2.45, 2.75) is 6.92 Å². The fourth-order valence-electron chi connectivity index (χ4n) is 1.26. The molecule has 5 heteroatoms. The summed E-state index contributed by atoms with van der Waals surface area (Å²) in [6.45, 7) is 4.43. The predicted molar refractivity (Wildman–Crippen MR) is 64.7 cm³/mol. The van der Waals surface area contributed by atoms with Crippen LogP contribution in [0, 0.1) is 6.92 Å². The summed E-state index contributed by atoms with van der Waals surface area (Å²) in [7, 11) is 1.71. The van der Waals surface area contributed by atoms with Gasteiger partial charge in [0.2, 0.25) is 0 Å². The summed E-state index contributed by atoms with van der Waals surface area (Å²) in [5.41, 5.74) is 0.983. The maximum absolute atomic E-state index is 5.07. The predicted octanol–water partition coefficient (Wildman–Crippen LogP) is 1.63. The number of rotatable bonds is 6. The highest BCUT2D eigenvalue weighted by atomic mass is 79.9. The number of hydrogen-bond donors (Lipinski definition) is 0. The van der Waals surface area contributed by atoms with Crippen molar-refractivity contribution in [3.8, 4) is 0 Å². The van der Waals surface area contributed by atoms with E-state index in [0.29, 0.717) is 6.61 Å². The molecule has 0 bridgehead atoms. The van der Waals surface area contributed by atoms with Crippen molar-refractivity contribution >= 4 is 21.7 Å². The van der Waals surface area contributed by atoms with E-state index in [4.69, 9.17) is 4.74 Å². The molecule has 1 aromatic rings. The van der Waals surface area contributed by atoms with E-state index in [2.05, 4.69) is 30.8 Å². The van der Waals surface area contributed by atoms with Crippen LogP contribution in [0.15, 0.2) is 12.4 Å². The molecule has 84 valence electrons. The van der Waals surface area contributed by atoms with Gasteiger partial charge in [-0.1, -0.05) is 15.9 Å². The number of nitrogens with zero attached hydrogens (tertiary/aromatic N) is 3. The highest BCUT2D eigenvalue weighted by Crippen LogP contribution is 2.10. The van der Waals surface area contributed by atoms with Gasteiger partial charge in [-0.05, 0) is 6.92 Å². The summed E-state index contributed by atoms with van der Waals surface area (Å²) in [6, 6.07) is 1.98. The zero-order valence-electron chi connectivity index (χ0n) is 9.11. The summed E-state index contributed by atoms with van der Waals surface area (Å²) < 4.78 is 5.07. The van der Waals surface area contributed by atoms with E-state index in [1.807, 2.05) is 13.0 Å². The third kappa shape index (κ3) is 4.13. The fourth-order valence-corrected chi connectivity index (χ4v) is 1.69. The number of methoxy groups -OCH3 is 1. The summed E-state index contributed by atoms with van der Waals surface area (Å²) in [4.78, 5) is 10.5. The number of ether oxygens (including phenoxy) is 1. The molecule has 0 aliphatic carbocycles. The van der Waals surface area contributed by atoms with E-state index < -0.39 is 0 Å². The van der Waals surface area contributed by atoms with Crippen LogP contribution in [0.25, 0.3) is 0 Å². The van der Waals surface area contributed by atoms with Crippen LogP contribution in [0.1, 0.15) is 5.69 Å². The SMILES string of the molecule is COCCN(CCBr)c1cc(C)ncn1. The highest BCUT2D eigenvalue weighted by Gasteiger charge is 2.06. The quantitative estimate of drug-likeness (QED) is 0.739. The van der Waals surface area contributed by atoms with E-state index in [1.165, 1.54) is 0 Å². The smallest absolute Gasteiger partial charge is 0.132 e. The molecule has 0 unspecified atom stereocenters. The van der Waals surface area contributed by atoms with Gasteiger partial charge in [0.25, 0.3) is 0 Å². The molecular formula is C10H16BrN3O. The molecular weight excluding hydrogens is 258 g/mol. The molecule has 4 nitrogen and oxygen atoms in total. The molecule has 1 aromatic heterocycles. The number of aromatic nitrogens is 2. The second kappa shape index (κ2) is 6.74. The maximum atomic E-state index is 5.07. The first-order chi connectivity index (χ1) is 7.27. The Morgan fingerprint density at radius 3 is 2.80 bits per heavy atom. The van der Waals surface area contributed by atoms with Gasteiger partial charge in [-0.3, -0.25) is 0 Å². The molecule has 1 heterocycles. The molecule has 15 heavy (non-hydrogen) atoms. The molecule has 0 saturated heterocycles. The van der Waals surface area contributed by atoms with Gasteiger partial charge in [-0.2, -0.15) is 0 Å². The molecule has 0 saturated carbocycles. The first kappa shape index (κ1) is 12.4. The number of anilines is 1. The Bertz CT molecular complexity index is 296. The Morgan fingerprint density at radius 2 is 2.20 bits per heavy atom. The average Bonchev–Trinajstić information content (AvgIpc) is 2.24. The van der Waals surface area contributed by atoms with Crippen molar-refractivity contribution in [1.82, 2.24) is 9.97 Å². The lowest BCUT2D eigenvalue weighted by Gasteiger charge is -2.22. The minimum atomic E-state index is 0.704. The average molecular weight is 274 g/mol. The molecule has 0 fully saturated rings. The Labute approximate surface area is 98.8 Å². The lowest BCUT2D eigenvalue weighted by Crippen LogP contribution is -2.30. The summed E-state index contributed by atoms with van der Waals surface area (Å²) in [5.74, 6) is 0.957. The topological polar surface area (TPSA) is 38.2 Å². The van der Waals surface area contributed by atoms with Gasteiger partial charge in [0.15, 0.2) is 0 Å². The van der Waals surface area contributed by atoms with Crippen LogP contribution in [0.5, 0.6) is 0 Å². The number of aryl methyl sites for hydroxylation is 1. The van der Waals surface area contributed by atoms with E-state index in [-0.39, 0.29) is 0 Å². The van der Waals surface area contributed by atoms with Gasteiger partial charge in [0.05, 0.1) is 6.61 Å². The zero-order chi connectivity index (χ0) is 11.1. The molecule has 0 spiro atoms. The van der Waals surface area contributed by atoms with Crippen LogP contribution < -0.4 is 4.90 Å². The fraction of sp³-hybridized carbons (Fsp3) is 0.600. The van der Waals surface area contributed by atoms with E-state index in [9.17, 15) is 0 Å². The largest absolute Gasteiger partial charge is 0.383 e.